The van der Waals surface area contributed by atoms with Gasteiger partial charge in [0, 0.05) is 5.92 Å². The Balaban J connectivity index is 2.17. The maximum absolute atomic E-state index is 13.4. The first-order valence-electron chi connectivity index (χ1n) is 6.20. The predicted molar refractivity (Wildman–Crippen MR) is 71.8 cm³/mol. The minimum Gasteiger partial charge on any atom is -0.479 e. The van der Waals surface area contributed by atoms with Gasteiger partial charge in [-0.2, -0.15) is 0 Å². The third-order valence-corrected chi connectivity index (χ3v) is 3.95. The molecule has 2 atom stereocenters. The number of carbonyl (C=O) groups excluding carboxylic acids is 1. The van der Waals surface area contributed by atoms with E-state index in [9.17, 15) is 19.1 Å². The van der Waals surface area contributed by atoms with Crippen LogP contribution in [0.4, 0.5) is 4.39 Å². The van der Waals surface area contributed by atoms with Crippen LogP contribution in [-0.2, 0) is 9.59 Å². The molecule has 0 spiro atoms. The quantitative estimate of drug-likeness (QED) is 0.898. The number of rotatable bonds is 4. The van der Waals surface area contributed by atoms with Crippen molar-refractivity contribution < 1.29 is 19.1 Å². The van der Waals surface area contributed by atoms with E-state index in [1.165, 1.54) is 12.1 Å². The average molecular weight is 300 g/mol. The molecule has 1 aromatic carbocycles. The van der Waals surface area contributed by atoms with Crippen LogP contribution in [0.2, 0.25) is 5.02 Å². The maximum Gasteiger partial charge on any atom is 0.330 e. The Labute approximate surface area is 120 Å². The molecule has 1 saturated carbocycles. The van der Waals surface area contributed by atoms with Crippen molar-refractivity contribution in [3.8, 4) is 0 Å². The van der Waals surface area contributed by atoms with Crippen molar-refractivity contribution in [2.75, 3.05) is 0 Å². The van der Waals surface area contributed by atoms with Crippen LogP contribution >= 0.6 is 11.6 Å². The van der Waals surface area contributed by atoms with Gasteiger partial charge < -0.3 is 10.4 Å². The molecule has 1 amide bonds. The van der Waals surface area contributed by atoms with E-state index in [2.05, 4.69) is 5.32 Å². The Bertz CT molecular complexity index is 574. The molecule has 2 N–H and O–H groups in total. The first-order valence-corrected chi connectivity index (χ1v) is 6.58. The summed E-state index contributed by atoms with van der Waals surface area (Å²) in [6, 6.07) is 2.42. The summed E-state index contributed by atoms with van der Waals surface area (Å²) in [7, 11) is 0. The zero-order chi connectivity index (χ0) is 15.1. The van der Waals surface area contributed by atoms with Crippen molar-refractivity contribution in [1.82, 2.24) is 5.32 Å². The summed E-state index contributed by atoms with van der Waals surface area (Å²) < 4.78 is 13.4. The number of carboxylic acids is 1. The zero-order valence-corrected chi connectivity index (χ0v) is 11.9. The number of carboxylic acid groups (broad SMARTS) is 1. The number of nitrogens with one attached hydrogen (secondary N) is 1. The van der Waals surface area contributed by atoms with Gasteiger partial charge in [-0.05, 0) is 29.5 Å². The molecule has 1 aliphatic carbocycles. The fraction of sp³-hybridized carbons (Fsp3) is 0.429. The minimum absolute atomic E-state index is 0.0902. The van der Waals surface area contributed by atoms with Crippen LogP contribution in [0.3, 0.4) is 0 Å². The normalized spacial score (nSPS) is 21.1. The summed E-state index contributed by atoms with van der Waals surface area (Å²) in [6.45, 7) is 3.88. The Kier molecular flexibility index (Phi) is 3.73. The molecule has 6 heteroatoms. The first-order chi connectivity index (χ1) is 9.22. The van der Waals surface area contributed by atoms with Gasteiger partial charge in [0.2, 0.25) is 5.91 Å². The van der Waals surface area contributed by atoms with Crippen LogP contribution in [-0.4, -0.2) is 17.0 Å². The van der Waals surface area contributed by atoms with Crippen molar-refractivity contribution in [3.05, 3.63) is 34.6 Å². The first kappa shape index (κ1) is 14.8. The molecule has 0 aromatic heterocycles. The second-order valence-electron chi connectivity index (χ2n) is 5.70. The van der Waals surface area contributed by atoms with E-state index >= 15 is 0 Å². The van der Waals surface area contributed by atoms with E-state index in [0.29, 0.717) is 0 Å². The molecule has 0 radical (unpaired) electrons. The topological polar surface area (TPSA) is 66.4 Å². The van der Waals surface area contributed by atoms with Gasteiger partial charge in [-0.3, -0.25) is 4.79 Å². The number of hydrogen-bond donors (Lipinski definition) is 2. The van der Waals surface area contributed by atoms with Crippen LogP contribution in [0.1, 0.15) is 31.9 Å². The van der Waals surface area contributed by atoms with Gasteiger partial charge in [0.15, 0.2) is 6.04 Å². The third-order valence-electron chi connectivity index (χ3n) is 3.64. The molecule has 0 saturated heterocycles. The summed E-state index contributed by atoms with van der Waals surface area (Å²) in [5, 5.41) is 11.6. The second kappa shape index (κ2) is 5.05. The highest BCUT2D eigenvalue weighted by molar-refractivity contribution is 6.30. The van der Waals surface area contributed by atoms with Crippen molar-refractivity contribution in [2.24, 2.45) is 11.3 Å². The minimum atomic E-state index is -1.27. The van der Waals surface area contributed by atoms with E-state index in [1.54, 1.807) is 0 Å². The highest BCUT2D eigenvalue weighted by Crippen LogP contribution is 2.51. The molecule has 108 valence electrons. The number of amides is 1. The lowest BCUT2D eigenvalue weighted by atomic mass is 10.1. The second-order valence-corrected chi connectivity index (χ2v) is 6.11. The maximum atomic E-state index is 13.4. The molecule has 0 aliphatic heterocycles. The molecule has 0 bridgehead atoms. The van der Waals surface area contributed by atoms with Crippen molar-refractivity contribution in [3.63, 3.8) is 0 Å². The molecule has 1 aliphatic rings. The fourth-order valence-corrected chi connectivity index (χ4v) is 2.25. The van der Waals surface area contributed by atoms with E-state index < -0.39 is 17.8 Å². The van der Waals surface area contributed by atoms with E-state index in [0.717, 1.165) is 12.5 Å². The Hall–Kier alpha value is -1.62. The van der Waals surface area contributed by atoms with Crippen LogP contribution in [0.25, 0.3) is 0 Å². The van der Waals surface area contributed by atoms with Gasteiger partial charge in [-0.1, -0.05) is 31.5 Å². The summed E-state index contributed by atoms with van der Waals surface area (Å²) >= 11 is 5.56. The molecule has 2 rings (SSSR count). The summed E-state index contributed by atoms with van der Waals surface area (Å²) in [4.78, 5) is 23.2. The molecule has 2 unspecified atom stereocenters. The van der Waals surface area contributed by atoms with Crippen LogP contribution in [0.5, 0.6) is 0 Å². The van der Waals surface area contributed by atoms with E-state index in [4.69, 9.17) is 11.6 Å². The molecule has 1 fully saturated rings. The fourth-order valence-electron chi connectivity index (χ4n) is 2.14. The lowest BCUT2D eigenvalue weighted by Crippen LogP contribution is -2.35. The predicted octanol–water partition coefficient (Wildman–Crippen LogP) is 2.77. The SMILES string of the molecule is CC1(C)CC1C(=O)NC(C(=O)O)c1ccc(Cl)c(F)c1. The summed E-state index contributed by atoms with van der Waals surface area (Å²) in [5.41, 5.74) is 0.0597. The van der Waals surface area contributed by atoms with Crippen LogP contribution < -0.4 is 5.32 Å². The zero-order valence-electron chi connectivity index (χ0n) is 11.1. The van der Waals surface area contributed by atoms with Gasteiger partial charge in [0.1, 0.15) is 5.82 Å². The lowest BCUT2D eigenvalue weighted by Gasteiger charge is -2.16. The van der Waals surface area contributed by atoms with E-state index in [1.807, 2.05) is 13.8 Å². The monoisotopic (exact) mass is 299 g/mol. The van der Waals surface area contributed by atoms with Crippen molar-refractivity contribution >= 4 is 23.5 Å². The molecule has 0 heterocycles. The molecular weight excluding hydrogens is 285 g/mol. The Morgan fingerprint density at radius 2 is 2.10 bits per heavy atom. The van der Waals surface area contributed by atoms with Crippen LogP contribution in [0, 0.1) is 17.2 Å². The number of aliphatic carboxylic acids is 1. The van der Waals surface area contributed by atoms with Gasteiger partial charge in [-0.15, -0.1) is 0 Å². The number of hydrogen-bond acceptors (Lipinski definition) is 2. The highest BCUT2D eigenvalue weighted by atomic mass is 35.5. The van der Waals surface area contributed by atoms with Crippen molar-refractivity contribution in [2.45, 2.75) is 26.3 Å². The summed E-state index contributed by atoms with van der Waals surface area (Å²) in [5.74, 6) is -2.46. The van der Waals surface area contributed by atoms with Gasteiger partial charge in [0.05, 0.1) is 5.02 Å². The van der Waals surface area contributed by atoms with Gasteiger partial charge in [-0.25, -0.2) is 9.18 Å². The van der Waals surface area contributed by atoms with Gasteiger partial charge >= 0.3 is 5.97 Å². The lowest BCUT2D eigenvalue weighted by molar-refractivity contribution is -0.142. The average Bonchev–Trinajstić information content (AvgIpc) is 2.98. The largest absolute Gasteiger partial charge is 0.479 e. The Morgan fingerprint density at radius 1 is 1.50 bits per heavy atom. The highest BCUT2D eigenvalue weighted by Gasteiger charge is 2.51. The third kappa shape index (κ3) is 2.93. The summed E-state index contributed by atoms with van der Waals surface area (Å²) in [6.07, 6.45) is 0.722. The molecule has 20 heavy (non-hydrogen) atoms. The Morgan fingerprint density at radius 3 is 2.55 bits per heavy atom. The van der Waals surface area contributed by atoms with E-state index in [-0.39, 0.29) is 27.8 Å². The standard InChI is InChI=1S/C14H15ClFNO3/c1-14(2)6-8(14)12(18)17-11(13(19)20)7-3-4-9(15)10(16)5-7/h3-5,8,11H,6H2,1-2H3,(H,17,18)(H,19,20). The van der Waals surface area contributed by atoms with Crippen LogP contribution in [0.15, 0.2) is 18.2 Å². The number of carbonyl (C=O) groups is 2. The number of halogens is 2. The molecule has 4 nitrogen and oxygen atoms in total. The molecular formula is C14H15ClFNO3. The molecule has 1 aromatic rings. The smallest absolute Gasteiger partial charge is 0.330 e. The van der Waals surface area contributed by atoms with Crippen molar-refractivity contribution in [1.29, 1.82) is 0 Å². The van der Waals surface area contributed by atoms with Gasteiger partial charge in [0.25, 0.3) is 0 Å². The number of benzene rings is 1.